The molecule has 1 aliphatic rings. The van der Waals surface area contributed by atoms with Crippen molar-refractivity contribution in [2.75, 3.05) is 6.61 Å². The molecule has 0 unspecified atom stereocenters. The molecule has 0 aromatic carbocycles. The van der Waals surface area contributed by atoms with Crippen molar-refractivity contribution < 1.29 is 9.13 Å². The van der Waals surface area contributed by atoms with Gasteiger partial charge in [-0.25, -0.2) is 4.98 Å². The Balaban J connectivity index is 2.05. The van der Waals surface area contributed by atoms with Crippen LogP contribution in [0.4, 0.5) is 4.39 Å². The number of hydrogen-bond acceptors (Lipinski definition) is 6. The summed E-state index contributed by atoms with van der Waals surface area (Å²) in [6, 6.07) is 2.80. The molecule has 2 rings (SSSR count). The van der Waals surface area contributed by atoms with E-state index in [4.69, 9.17) is 4.74 Å². The highest BCUT2D eigenvalue weighted by Crippen LogP contribution is 2.03. The molecule has 0 saturated carbocycles. The summed E-state index contributed by atoms with van der Waals surface area (Å²) in [6.07, 6.45) is 1.36. The second kappa shape index (κ2) is 5.26. The van der Waals surface area contributed by atoms with E-state index in [1.165, 1.54) is 12.3 Å². The fourth-order valence-electron chi connectivity index (χ4n) is 1.28. The summed E-state index contributed by atoms with van der Waals surface area (Å²) in [5, 5.41) is 8.04. The zero-order valence-corrected chi connectivity index (χ0v) is 9.77. The van der Waals surface area contributed by atoms with E-state index in [0.717, 1.165) is 0 Å². The average Bonchev–Trinajstić information content (AvgIpc) is 2.40. The minimum absolute atomic E-state index is 0.394. The molecule has 0 atom stereocenters. The van der Waals surface area contributed by atoms with Gasteiger partial charge in [0.1, 0.15) is 0 Å². The van der Waals surface area contributed by atoms with Gasteiger partial charge in [-0.3, -0.25) is 10.9 Å². The summed E-state index contributed by atoms with van der Waals surface area (Å²) in [5.74, 6) is 0.688. The van der Waals surface area contributed by atoms with E-state index < -0.39 is 5.95 Å². The Labute approximate surface area is 103 Å². The number of aromatic nitrogens is 1. The summed E-state index contributed by atoms with van der Waals surface area (Å²) in [4.78, 5) is 3.53. The first kappa shape index (κ1) is 12.0. The smallest absolute Gasteiger partial charge is 0.212 e. The highest BCUT2D eigenvalue weighted by atomic mass is 19.1. The molecule has 0 aliphatic carbocycles. The second-order valence-corrected chi connectivity index (χ2v) is 3.37. The minimum Gasteiger partial charge on any atom is -0.490 e. The molecule has 0 saturated heterocycles. The molecular weight excluding hydrogens is 237 g/mol. The lowest BCUT2D eigenvalue weighted by Gasteiger charge is -2.15. The van der Waals surface area contributed by atoms with Gasteiger partial charge in [-0.15, -0.1) is 0 Å². The lowest BCUT2D eigenvalue weighted by atomic mass is 10.2. The average molecular weight is 249 g/mol. The standard InChI is InChI=1S/C11H12FN5O/c1-3-18-7(2)10-14-16-11(17-15-10)8-4-5-9(12)13-6-8/h4-6H,2-3H2,1H3,(H,14,15)(H,16,17). The highest BCUT2D eigenvalue weighted by Gasteiger charge is 2.13. The minimum atomic E-state index is -0.544. The molecule has 94 valence electrons. The number of halogens is 1. The molecule has 1 aliphatic heterocycles. The number of hydrogen-bond donors (Lipinski definition) is 2. The maximum Gasteiger partial charge on any atom is 0.212 e. The SMILES string of the molecule is C=C(OCC)C1=NNC(c2ccc(F)nc2)=NN1. The molecule has 7 heteroatoms. The van der Waals surface area contributed by atoms with E-state index in [2.05, 4.69) is 32.6 Å². The molecule has 1 aromatic rings. The lowest BCUT2D eigenvalue weighted by molar-refractivity contribution is 0.249. The first-order chi connectivity index (χ1) is 8.70. The van der Waals surface area contributed by atoms with Gasteiger partial charge < -0.3 is 4.74 Å². The normalized spacial score (nSPS) is 13.9. The van der Waals surface area contributed by atoms with Gasteiger partial charge in [-0.1, -0.05) is 6.58 Å². The number of hydrazone groups is 2. The van der Waals surface area contributed by atoms with Crippen molar-refractivity contribution in [1.29, 1.82) is 0 Å². The number of pyridine rings is 1. The van der Waals surface area contributed by atoms with Crippen molar-refractivity contribution in [1.82, 2.24) is 15.8 Å². The van der Waals surface area contributed by atoms with Gasteiger partial charge in [0.2, 0.25) is 11.8 Å². The Kier molecular flexibility index (Phi) is 3.52. The first-order valence-electron chi connectivity index (χ1n) is 5.32. The van der Waals surface area contributed by atoms with Crippen LogP contribution in [0.5, 0.6) is 0 Å². The number of amidine groups is 2. The Hall–Kier alpha value is -2.44. The molecule has 18 heavy (non-hydrogen) atoms. The number of ether oxygens (including phenoxy) is 1. The summed E-state index contributed by atoms with van der Waals surface area (Å²) in [6.45, 7) is 6.04. The zero-order chi connectivity index (χ0) is 13.0. The first-order valence-corrected chi connectivity index (χ1v) is 5.32. The van der Waals surface area contributed by atoms with Gasteiger partial charge in [-0.2, -0.15) is 14.6 Å². The van der Waals surface area contributed by atoms with Crippen molar-refractivity contribution in [3.8, 4) is 0 Å². The van der Waals surface area contributed by atoms with Crippen molar-refractivity contribution in [2.24, 2.45) is 10.2 Å². The van der Waals surface area contributed by atoms with Gasteiger partial charge in [0, 0.05) is 11.8 Å². The molecule has 0 radical (unpaired) electrons. The van der Waals surface area contributed by atoms with E-state index in [0.29, 0.717) is 29.6 Å². The van der Waals surface area contributed by atoms with Crippen LogP contribution in [-0.4, -0.2) is 23.3 Å². The molecule has 0 amide bonds. The van der Waals surface area contributed by atoms with Crippen molar-refractivity contribution in [3.05, 3.63) is 42.2 Å². The van der Waals surface area contributed by atoms with Crippen LogP contribution < -0.4 is 10.9 Å². The summed E-state index contributed by atoms with van der Waals surface area (Å²) < 4.78 is 17.8. The van der Waals surface area contributed by atoms with Crippen LogP contribution in [0.1, 0.15) is 12.5 Å². The predicted molar refractivity (Wildman–Crippen MR) is 65.2 cm³/mol. The fourth-order valence-corrected chi connectivity index (χ4v) is 1.28. The predicted octanol–water partition coefficient (Wildman–Crippen LogP) is 0.939. The van der Waals surface area contributed by atoms with Crippen molar-refractivity contribution >= 4 is 11.7 Å². The molecule has 2 heterocycles. The van der Waals surface area contributed by atoms with Gasteiger partial charge in [0.05, 0.1) is 6.61 Å². The summed E-state index contributed by atoms with van der Waals surface area (Å²) >= 11 is 0. The summed E-state index contributed by atoms with van der Waals surface area (Å²) in [5.41, 5.74) is 6.03. The Morgan fingerprint density at radius 1 is 1.39 bits per heavy atom. The van der Waals surface area contributed by atoms with Crippen LogP contribution in [0.25, 0.3) is 0 Å². The monoisotopic (exact) mass is 249 g/mol. The van der Waals surface area contributed by atoms with E-state index in [-0.39, 0.29) is 0 Å². The Morgan fingerprint density at radius 2 is 2.22 bits per heavy atom. The largest absolute Gasteiger partial charge is 0.490 e. The molecule has 0 bridgehead atoms. The zero-order valence-electron chi connectivity index (χ0n) is 9.77. The van der Waals surface area contributed by atoms with Crippen LogP contribution in [0.15, 0.2) is 40.9 Å². The molecule has 0 fully saturated rings. The van der Waals surface area contributed by atoms with Crippen LogP contribution in [0.2, 0.25) is 0 Å². The third kappa shape index (κ3) is 2.62. The Morgan fingerprint density at radius 3 is 2.78 bits per heavy atom. The Bertz CT molecular complexity index is 509. The second-order valence-electron chi connectivity index (χ2n) is 3.37. The van der Waals surface area contributed by atoms with Crippen LogP contribution in [0.3, 0.4) is 0 Å². The van der Waals surface area contributed by atoms with Gasteiger partial charge in [0.15, 0.2) is 11.6 Å². The highest BCUT2D eigenvalue weighted by molar-refractivity contribution is 6.04. The molecular formula is C11H12FN5O. The number of nitrogens with one attached hydrogen (secondary N) is 2. The van der Waals surface area contributed by atoms with E-state index in [9.17, 15) is 4.39 Å². The summed E-state index contributed by atoms with van der Waals surface area (Å²) in [7, 11) is 0. The van der Waals surface area contributed by atoms with E-state index in [1.807, 2.05) is 6.92 Å². The number of rotatable bonds is 4. The topological polar surface area (TPSA) is 70.9 Å². The van der Waals surface area contributed by atoms with Gasteiger partial charge in [-0.05, 0) is 19.1 Å². The maximum absolute atomic E-state index is 12.7. The fraction of sp³-hybridized carbons (Fsp3) is 0.182. The van der Waals surface area contributed by atoms with E-state index in [1.54, 1.807) is 6.07 Å². The maximum atomic E-state index is 12.7. The van der Waals surface area contributed by atoms with Gasteiger partial charge in [0.25, 0.3) is 0 Å². The number of nitrogens with zero attached hydrogens (tertiary/aromatic N) is 3. The third-order valence-corrected chi connectivity index (χ3v) is 2.13. The van der Waals surface area contributed by atoms with Crippen LogP contribution in [-0.2, 0) is 4.74 Å². The van der Waals surface area contributed by atoms with Crippen LogP contribution >= 0.6 is 0 Å². The van der Waals surface area contributed by atoms with E-state index >= 15 is 0 Å². The van der Waals surface area contributed by atoms with Crippen LogP contribution in [0, 0.1) is 5.95 Å². The molecule has 2 N–H and O–H groups in total. The van der Waals surface area contributed by atoms with Crippen molar-refractivity contribution in [2.45, 2.75) is 6.92 Å². The quantitative estimate of drug-likeness (QED) is 0.615. The molecule has 6 nitrogen and oxygen atoms in total. The van der Waals surface area contributed by atoms with Gasteiger partial charge >= 0.3 is 0 Å². The molecule has 1 aromatic heterocycles. The van der Waals surface area contributed by atoms with Crippen molar-refractivity contribution in [3.63, 3.8) is 0 Å². The third-order valence-electron chi connectivity index (χ3n) is 2.13. The molecule has 0 spiro atoms. The lowest BCUT2D eigenvalue weighted by Crippen LogP contribution is -2.35.